The van der Waals surface area contributed by atoms with Crippen LogP contribution in [0.15, 0.2) is 72.5 Å². The first kappa shape index (κ1) is 30.8. The van der Waals surface area contributed by atoms with E-state index in [0.29, 0.717) is 49.4 Å². The van der Waals surface area contributed by atoms with Gasteiger partial charge in [0, 0.05) is 50.5 Å². The summed E-state index contributed by atoms with van der Waals surface area (Å²) in [5.41, 5.74) is 0.273. The van der Waals surface area contributed by atoms with E-state index < -0.39 is 35.6 Å². The van der Waals surface area contributed by atoms with E-state index in [1.807, 2.05) is 4.90 Å². The Morgan fingerprint density at radius 2 is 1.74 bits per heavy atom. The Morgan fingerprint density at radius 3 is 2.36 bits per heavy atom. The number of rotatable bonds is 8. The van der Waals surface area contributed by atoms with Gasteiger partial charge >= 0.3 is 18.2 Å². The monoisotopic (exact) mass is 588 g/mol. The largest absolute Gasteiger partial charge is 0.463 e. The van der Waals surface area contributed by atoms with Gasteiger partial charge in [0.2, 0.25) is 0 Å². The van der Waals surface area contributed by atoms with E-state index in [2.05, 4.69) is 11.9 Å². The van der Waals surface area contributed by atoms with E-state index in [-0.39, 0.29) is 31.2 Å². The second-order valence-corrected chi connectivity index (χ2v) is 9.91. The summed E-state index contributed by atoms with van der Waals surface area (Å²) < 4.78 is 58.3. The molecular weight excluding hydrogens is 556 g/mol. The summed E-state index contributed by atoms with van der Waals surface area (Å²) in [5.74, 6) is -1.36. The fourth-order valence-electron chi connectivity index (χ4n) is 5.08. The number of ether oxygens (including phenoxy) is 1. The maximum Gasteiger partial charge on any atom is 0.416 e. The van der Waals surface area contributed by atoms with Crippen LogP contribution in [-0.4, -0.2) is 78.5 Å². The first-order chi connectivity index (χ1) is 20.0. The Kier molecular flexibility index (Phi) is 9.66. The Morgan fingerprint density at radius 1 is 1.05 bits per heavy atom. The van der Waals surface area contributed by atoms with Gasteiger partial charge in [-0.15, -0.1) is 6.58 Å². The van der Waals surface area contributed by atoms with Gasteiger partial charge in [-0.2, -0.15) is 13.2 Å². The number of amides is 3. The molecular formula is C30H32F4N4O4. The van der Waals surface area contributed by atoms with Crippen molar-refractivity contribution in [3.8, 4) is 0 Å². The van der Waals surface area contributed by atoms with Crippen LogP contribution in [0.2, 0.25) is 0 Å². The SMILES string of the molecule is C=CCN1C(=O)NC(c2ccc(C(F)(F)F)cc2)C(C(=O)OCC)=C1CN1CCCN(C(=O)c2ccc(F)cc2)CC1. The molecule has 4 rings (SSSR count). The van der Waals surface area contributed by atoms with Gasteiger partial charge < -0.3 is 15.0 Å². The zero-order valence-electron chi connectivity index (χ0n) is 23.1. The molecule has 0 spiro atoms. The molecule has 8 nitrogen and oxygen atoms in total. The summed E-state index contributed by atoms with van der Waals surface area (Å²) in [6, 6.07) is 8.04. The molecule has 2 aliphatic heterocycles. The van der Waals surface area contributed by atoms with Crippen molar-refractivity contribution < 1.29 is 36.7 Å². The minimum Gasteiger partial charge on any atom is -0.463 e. The van der Waals surface area contributed by atoms with Crippen LogP contribution in [0.4, 0.5) is 22.4 Å². The Hall–Kier alpha value is -4.19. The minimum absolute atomic E-state index is 0.0505. The summed E-state index contributed by atoms with van der Waals surface area (Å²) in [6.45, 7) is 7.40. The van der Waals surface area contributed by atoms with Crippen LogP contribution in [0.5, 0.6) is 0 Å². The Balaban J connectivity index is 1.65. The van der Waals surface area contributed by atoms with E-state index in [4.69, 9.17) is 4.74 Å². The maximum atomic E-state index is 13.3. The smallest absolute Gasteiger partial charge is 0.416 e. The van der Waals surface area contributed by atoms with E-state index in [1.165, 1.54) is 47.4 Å². The molecule has 1 saturated heterocycles. The number of nitrogens with one attached hydrogen (secondary N) is 1. The summed E-state index contributed by atoms with van der Waals surface area (Å²) >= 11 is 0. The number of hydrogen-bond donors (Lipinski definition) is 1. The van der Waals surface area contributed by atoms with Crippen molar-refractivity contribution in [2.24, 2.45) is 0 Å². The third kappa shape index (κ3) is 6.99. The third-order valence-electron chi connectivity index (χ3n) is 7.16. The van der Waals surface area contributed by atoms with Crippen molar-refractivity contribution in [2.75, 3.05) is 45.9 Å². The molecule has 1 N–H and O–H groups in total. The molecule has 0 saturated carbocycles. The molecule has 2 heterocycles. The van der Waals surface area contributed by atoms with Gasteiger partial charge in [-0.05, 0) is 55.3 Å². The molecule has 2 aromatic carbocycles. The molecule has 2 aliphatic rings. The quantitative estimate of drug-likeness (QED) is 0.273. The lowest BCUT2D eigenvalue weighted by Gasteiger charge is -2.38. The van der Waals surface area contributed by atoms with Gasteiger partial charge in [0.1, 0.15) is 5.82 Å². The number of hydrogen-bond acceptors (Lipinski definition) is 5. The molecule has 0 aliphatic carbocycles. The number of carbonyl (C=O) groups is 3. The Labute approximate surface area is 241 Å². The van der Waals surface area contributed by atoms with Crippen LogP contribution >= 0.6 is 0 Å². The molecule has 224 valence electrons. The predicted octanol–water partition coefficient (Wildman–Crippen LogP) is 4.76. The lowest BCUT2D eigenvalue weighted by molar-refractivity contribution is -0.139. The molecule has 2 aromatic rings. The van der Waals surface area contributed by atoms with Gasteiger partial charge in [0.25, 0.3) is 5.91 Å². The van der Waals surface area contributed by atoms with Crippen molar-refractivity contribution in [1.82, 2.24) is 20.0 Å². The standard InChI is InChI=1S/C30H32F4N4O4/c1-3-14-38-24(19-36-15-5-16-37(18-17-36)27(39)21-8-12-23(31)13-9-21)25(28(40)42-4-2)26(35-29(38)41)20-6-10-22(11-7-20)30(32,33)34/h3,6-13,26H,1,4-5,14-19H2,2H3,(H,35,41). The average molecular weight is 589 g/mol. The summed E-state index contributed by atoms with van der Waals surface area (Å²) in [7, 11) is 0. The number of alkyl halides is 3. The highest BCUT2D eigenvalue weighted by atomic mass is 19.4. The average Bonchev–Trinajstić information content (AvgIpc) is 3.20. The number of benzene rings is 2. The van der Waals surface area contributed by atoms with Crippen molar-refractivity contribution in [3.63, 3.8) is 0 Å². The van der Waals surface area contributed by atoms with E-state index in [1.54, 1.807) is 11.8 Å². The normalized spacial score (nSPS) is 18.4. The van der Waals surface area contributed by atoms with Gasteiger partial charge in [0.15, 0.2) is 0 Å². The fraction of sp³-hybridized carbons (Fsp3) is 0.367. The predicted molar refractivity (Wildman–Crippen MR) is 147 cm³/mol. The van der Waals surface area contributed by atoms with Crippen molar-refractivity contribution >= 4 is 17.9 Å². The highest BCUT2D eigenvalue weighted by molar-refractivity contribution is 5.95. The minimum atomic E-state index is -4.54. The molecule has 42 heavy (non-hydrogen) atoms. The number of esters is 1. The lowest BCUT2D eigenvalue weighted by atomic mass is 9.93. The van der Waals surface area contributed by atoms with E-state index >= 15 is 0 Å². The molecule has 0 bridgehead atoms. The van der Waals surface area contributed by atoms with Crippen LogP contribution in [0.3, 0.4) is 0 Å². The molecule has 1 fully saturated rings. The van der Waals surface area contributed by atoms with Gasteiger partial charge in [-0.3, -0.25) is 14.6 Å². The highest BCUT2D eigenvalue weighted by Crippen LogP contribution is 2.35. The summed E-state index contributed by atoms with van der Waals surface area (Å²) in [5, 5.41) is 2.74. The highest BCUT2D eigenvalue weighted by Gasteiger charge is 2.39. The van der Waals surface area contributed by atoms with Gasteiger partial charge in [-0.1, -0.05) is 18.2 Å². The molecule has 3 amide bonds. The summed E-state index contributed by atoms with van der Waals surface area (Å²) in [4.78, 5) is 44.7. The molecule has 0 aromatic heterocycles. The molecule has 1 atom stereocenters. The Bertz CT molecular complexity index is 1340. The van der Waals surface area contributed by atoms with Crippen LogP contribution < -0.4 is 5.32 Å². The maximum absolute atomic E-state index is 13.3. The second kappa shape index (κ2) is 13.2. The van der Waals surface area contributed by atoms with Crippen LogP contribution in [0.1, 0.15) is 40.9 Å². The van der Waals surface area contributed by atoms with Gasteiger partial charge in [0.05, 0.1) is 23.8 Å². The zero-order chi connectivity index (χ0) is 30.4. The van der Waals surface area contributed by atoms with Crippen LogP contribution in [0.25, 0.3) is 0 Å². The van der Waals surface area contributed by atoms with Crippen LogP contribution in [0, 0.1) is 5.82 Å². The van der Waals surface area contributed by atoms with Crippen LogP contribution in [-0.2, 0) is 15.7 Å². The number of urea groups is 1. The van der Waals surface area contributed by atoms with Crippen molar-refractivity contribution in [3.05, 3.63) is 95.0 Å². The third-order valence-corrected chi connectivity index (χ3v) is 7.16. The molecule has 1 unspecified atom stereocenters. The summed E-state index contributed by atoms with van der Waals surface area (Å²) in [6.07, 6.45) is -2.43. The topological polar surface area (TPSA) is 82.2 Å². The number of halogens is 4. The first-order valence-corrected chi connectivity index (χ1v) is 13.6. The van der Waals surface area contributed by atoms with E-state index in [9.17, 15) is 31.9 Å². The van der Waals surface area contributed by atoms with Gasteiger partial charge in [-0.25, -0.2) is 14.0 Å². The molecule has 12 heteroatoms. The van der Waals surface area contributed by atoms with Crippen molar-refractivity contribution in [1.29, 1.82) is 0 Å². The first-order valence-electron chi connectivity index (χ1n) is 13.6. The van der Waals surface area contributed by atoms with E-state index in [0.717, 1.165) is 12.1 Å². The van der Waals surface area contributed by atoms with Crippen molar-refractivity contribution in [2.45, 2.75) is 25.6 Å². The zero-order valence-corrected chi connectivity index (χ0v) is 23.1. The fourth-order valence-corrected chi connectivity index (χ4v) is 5.08. The molecule has 0 radical (unpaired) electrons. The lowest BCUT2D eigenvalue weighted by Crippen LogP contribution is -2.51. The number of carbonyl (C=O) groups excluding carboxylic acids is 3. The number of nitrogens with zero attached hydrogens (tertiary/aromatic N) is 3. The second-order valence-electron chi connectivity index (χ2n) is 9.91.